The molecule has 0 bridgehead atoms. The van der Waals surface area contributed by atoms with Crippen LogP contribution in [0.3, 0.4) is 0 Å². The third-order valence-corrected chi connectivity index (χ3v) is 3.52. The molecule has 0 spiro atoms. The first-order valence-electron chi connectivity index (χ1n) is 7.82. The zero-order chi connectivity index (χ0) is 16.5. The SMILES string of the molecule is CC(COc1ccccc1)C(=O)NCC(O)Cc1ccccc1. The average molecular weight is 313 g/mol. The molecular weight excluding hydrogens is 290 g/mol. The van der Waals surface area contributed by atoms with Crippen molar-refractivity contribution < 1.29 is 14.6 Å². The molecule has 2 unspecified atom stereocenters. The summed E-state index contributed by atoms with van der Waals surface area (Å²) in [4.78, 5) is 12.0. The van der Waals surface area contributed by atoms with E-state index in [-0.39, 0.29) is 18.4 Å². The van der Waals surface area contributed by atoms with Crippen molar-refractivity contribution in [3.05, 3.63) is 66.2 Å². The van der Waals surface area contributed by atoms with Crippen LogP contribution in [0.25, 0.3) is 0 Å². The number of hydrogen-bond donors (Lipinski definition) is 2. The Bertz CT molecular complexity index is 586. The zero-order valence-corrected chi connectivity index (χ0v) is 13.3. The lowest BCUT2D eigenvalue weighted by molar-refractivity contribution is -0.125. The molecule has 2 rings (SSSR count). The van der Waals surface area contributed by atoms with Crippen LogP contribution in [0.4, 0.5) is 0 Å². The number of ether oxygens (including phenoxy) is 1. The molecule has 0 aliphatic heterocycles. The average Bonchev–Trinajstić information content (AvgIpc) is 2.59. The summed E-state index contributed by atoms with van der Waals surface area (Å²) in [7, 11) is 0. The zero-order valence-electron chi connectivity index (χ0n) is 13.3. The molecule has 4 heteroatoms. The molecule has 0 radical (unpaired) electrons. The number of benzene rings is 2. The molecule has 2 aromatic rings. The Labute approximate surface area is 137 Å². The Morgan fingerprint density at radius 3 is 2.35 bits per heavy atom. The quantitative estimate of drug-likeness (QED) is 0.787. The fraction of sp³-hybridized carbons (Fsp3) is 0.316. The van der Waals surface area contributed by atoms with E-state index in [1.165, 1.54) is 0 Å². The number of para-hydroxylation sites is 1. The lowest BCUT2D eigenvalue weighted by atomic mass is 10.1. The second-order valence-electron chi connectivity index (χ2n) is 5.61. The van der Waals surface area contributed by atoms with Crippen LogP contribution < -0.4 is 10.1 Å². The smallest absolute Gasteiger partial charge is 0.226 e. The summed E-state index contributed by atoms with van der Waals surface area (Å²) in [6.07, 6.45) is -0.0701. The molecule has 0 aromatic heterocycles. The highest BCUT2D eigenvalue weighted by atomic mass is 16.5. The molecule has 2 aromatic carbocycles. The van der Waals surface area contributed by atoms with Gasteiger partial charge >= 0.3 is 0 Å². The molecule has 2 N–H and O–H groups in total. The van der Waals surface area contributed by atoms with Crippen molar-refractivity contribution in [3.63, 3.8) is 0 Å². The normalized spacial score (nSPS) is 13.1. The van der Waals surface area contributed by atoms with Crippen LogP contribution in [-0.4, -0.2) is 30.3 Å². The van der Waals surface area contributed by atoms with Crippen LogP contribution in [0.2, 0.25) is 0 Å². The summed E-state index contributed by atoms with van der Waals surface area (Å²) < 4.78 is 5.57. The third-order valence-electron chi connectivity index (χ3n) is 3.52. The van der Waals surface area contributed by atoms with Crippen molar-refractivity contribution in [2.75, 3.05) is 13.2 Å². The predicted molar refractivity (Wildman–Crippen MR) is 90.3 cm³/mol. The van der Waals surface area contributed by atoms with Crippen LogP contribution in [-0.2, 0) is 11.2 Å². The molecule has 4 nitrogen and oxygen atoms in total. The number of nitrogens with one attached hydrogen (secondary N) is 1. The minimum atomic E-state index is -0.594. The molecule has 0 aliphatic carbocycles. The van der Waals surface area contributed by atoms with Crippen molar-refractivity contribution >= 4 is 5.91 Å². The van der Waals surface area contributed by atoms with Gasteiger partial charge in [0.15, 0.2) is 0 Å². The fourth-order valence-corrected chi connectivity index (χ4v) is 2.16. The summed E-state index contributed by atoms with van der Waals surface area (Å²) >= 11 is 0. The summed E-state index contributed by atoms with van der Waals surface area (Å²) in [6.45, 7) is 2.36. The van der Waals surface area contributed by atoms with Crippen molar-refractivity contribution in [2.24, 2.45) is 5.92 Å². The van der Waals surface area contributed by atoms with Gasteiger partial charge < -0.3 is 15.2 Å². The second kappa shape index (κ2) is 8.96. The van der Waals surface area contributed by atoms with Gasteiger partial charge in [0.05, 0.1) is 18.6 Å². The lowest BCUT2D eigenvalue weighted by Gasteiger charge is -2.16. The molecule has 0 fully saturated rings. The van der Waals surface area contributed by atoms with Crippen LogP contribution >= 0.6 is 0 Å². The van der Waals surface area contributed by atoms with Gasteiger partial charge in [0.2, 0.25) is 5.91 Å². The molecule has 23 heavy (non-hydrogen) atoms. The Morgan fingerprint density at radius 2 is 1.70 bits per heavy atom. The van der Waals surface area contributed by atoms with E-state index in [9.17, 15) is 9.90 Å². The number of carbonyl (C=O) groups excluding carboxylic acids is 1. The van der Waals surface area contributed by atoms with Crippen molar-refractivity contribution in [2.45, 2.75) is 19.4 Å². The van der Waals surface area contributed by atoms with Gasteiger partial charge in [0.1, 0.15) is 5.75 Å². The number of carbonyl (C=O) groups is 1. The summed E-state index contributed by atoms with van der Waals surface area (Å²) in [5.41, 5.74) is 1.05. The molecule has 0 heterocycles. The largest absolute Gasteiger partial charge is 0.493 e. The molecule has 1 amide bonds. The number of aliphatic hydroxyl groups is 1. The topological polar surface area (TPSA) is 58.6 Å². The Hall–Kier alpha value is -2.33. The van der Waals surface area contributed by atoms with E-state index in [2.05, 4.69) is 5.32 Å². The molecule has 0 saturated carbocycles. The van der Waals surface area contributed by atoms with Gasteiger partial charge in [-0.1, -0.05) is 55.5 Å². The predicted octanol–water partition coefficient (Wildman–Crippen LogP) is 2.42. The molecule has 2 atom stereocenters. The second-order valence-corrected chi connectivity index (χ2v) is 5.61. The summed E-state index contributed by atoms with van der Waals surface area (Å²) in [6, 6.07) is 19.1. The maximum absolute atomic E-state index is 12.0. The first-order chi connectivity index (χ1) is 11.1. The van der Waals surface area contributed by atoms with Gasteiger partial charge in [-0.25, -0.2) is 0 Å². The molecular formula is C19H23NO3. The lowest BCUT2D eigenvalue weighted by Crippen LogP contribution is -2.38. The summed E-state index contributed by atoms with van der Waals surface area (Å²) in [5.74, 6) is 0.350. The van der Waals surface area contributed by atoms with E-state index >= 15 is 0 Å². The monoisotopic (exact) mass is 313 g/mol. The Balaban J connectivity index is 1.69. The number of aliphatic hydroxyl groups excluding tert-OH is 1. The van der Waals surface area contributed by atoms with E-state index in [4.69, 9.17) is 4.74 Å². The van der Waals surface area contributed by atoms with Gasteiger partial charge in [-0.2, -0.15) is 0 Å². The first-order valence-corrected chi connectivity index (χ1v) is 7.82. The van der Waals surface area contributed by atoms with Crippen LogP contribution in [0, 0.1) is 5.92 Å². The maximum Gasteiger partial charge on any atom is 0.226 e. The van der Waals surface area contributed by atoms with Gasteiger partial charge in [-0.15, -0.1) is 0 Å². The molecule has 122 valence electrons. The standard InChI is InChI=1S/C19H23NO3/c1-15(14-23-18-10-6-3-7-11-18)19(22)20-13-17(21)12-16-8-4-2-5-9-16/h2-11,15,17,21H,12-14H2,1H3,(H,20,22). The van der Waals surface area contributed by atoms with Crippen LogP contribution in [0.1, 0.15) is 12.5 Å². The number of rotatable bonds is 8. The van der Waals surface area contributed by atoms with Gasteiger partial charge in [0, 0.05) is 13.0 Å². The summed E-state index contributed by atoms with van der Waals surface area (Å²) in [5, 5.41) is 12.8. The van der Waals surface area contributed by atoms with E-state index < -0.39 is 6.10 Å². The van der Waals surface area contributed by atoms with E-state index in [0.717, 1.165) is 11.3 Å². The van der Waals surface area contributed by atoms with Gasteiger partial charge in [-0.05, 0) is 17.7 Å². The van der Waals surface area contributed by atoms with Crippen LogP contribution in [0.15, 0.2) is 60.7 Å². The van der Waals surface area contributed by atoms with Crippen LogP contribution in [0.5, 0.6) is 5.75 Å². The van der Waals surface area contributed by atoms with Crippen molar-refractivity contribution in [3.8, 4) is 5.75 Å². The van der Waals surface area contributed by atoms with Gasteiger partial charge in [-0.3, -0.25) is 4.79 Å². The highest BCUT2D eigenvalue weighted by Crippen LogP contribution is 2.10. The van der Waals surface area contributed by atoms with E-state index in [0.29, 0.717) is 13.0 Å². The minimum absolute atomic E-state index is 0.118. The number of amides is 1. The van der Waals surface area contributed by atoms with E-state index in [1.807, 2.05) is 67.6 Å². The van der Waals surface area contributed by atoms with Gasteiger partial charge in [0.25, 0.3) is 0 Å². The minimum Gasteiger partial charge on any atom is -0.493 e. The third kappa shape index (κ3) is 6.12. The highest BCUT2D eigenvalue weighted by Gasteiger charge is 2.15. The van der Waals surface area contributed by atoms with E-state index in [1.54, 1.807) is 0 Å². The van der Waals surface area contributed by atoms with Crippen molar-refractivity contribution in [1.82, 2.24) is 5.32 Å². The Morgan fingerprint density at radius 1 is 1.09 bits per heavy atom. The number of hydrogen-bond acceptors (Lipinski definition) is 3. The van der Waals surface area contributed by atoms with Crippen molar-refractivity contribution in [1.29, 1.82) is 0 Å². The molecule has 0 aliphatic rings. The Kier molecular flexibility index (Phi) is 6.63. The first kappa shape index (κ1) is 17.0. The fourth-order valence-electron chi connectivity index (χ4n) is 2.16. The highest BCUT2D eigenvalue weighted by molar-refractivity contribution is 5.78. The maximum atomic E-state index is 12.0. The molecule has 0 saturated heterocycles.